The number of rotatable bonds is 6. The number of hydrogen-bond acceptors (Lipinski definition) is 5. The highest BCUT2D eigenvalue weighted by atomic mass is 16.6. The first kappa shape index (κ1) is 15.7. The largest absolute Gasteiger partial charge is 0.465 e. The van der Waals surface area contributed by atoms with Gasteiger partial charge in [-0.05, 0) is 20.3 Å². The quantitative estimate of drug-likeness (QED) is 0.419. The van der Waals surface area contributed by atoms with Crippen molar-refractivity contribution in [1.29, 1.82) is 0 Å². The summed E-state index contributed by atoms with van der Waals surface area (Å²) < 4.78 is 15.6. The molecule has 0 amide bonds. The van der Waals surface area contributed by atoms with Crippen molar-refractivity contribution in [3.8, 4) is 0 Å². The molecule has 1 aliphatic rings. The summed E-state index contributed by atoms with van der Waals surface area (Å²) in [5, 5.41) is 0. The predicted molar refractivity (Wildman–Crippen MR) is 69.5 cm³/mol. The Labute approximate surface area is 113 Å². The average molecular weight is 270 g/mol. The molecule has 1 aliphatic heterocycles. The van der Waals surface area contributed by atoms with Crippen LogP contribution in [0.5, 0.6) is 0 Å². The van der Waals surface area contributed by atoms with Crippen molar-refractivity contribution in [2.24, 2.45) is 5.92 Å². The van der Waals surface area contributed by atoms with Crippen molar-refractivity contribution >= 4 is 11.9 Å². The topological polar surface area (TPSA) is 61.8 Å². The van der Waals surface area contributed by atoms with Crippen LogP contribution in [0.4, 0.5) is 0 Å². The van der Waals surface area contributed by atoms with E-state index in [1.54, 1.807) is 13.8 Å². The summed E-state index contributed by atoms with van der Waals surface area (Å²) in [6.45, 7) is 10.1. The fourth-order valence-corrected chi connectivity index (χ4v) is 1.77. The zero-order chi connectivity index (χ0) is 14.5. The minimum absolute atomic E-state index is 0.154. The zero-order valence-electron chi connectivity index (χ0n) is 11.9. The van der Waals surface area contributed by atoms with E-state index in [2.05, 4.69) is 6.58 Å². The lowest BCUT2D eigenvalue weighted by atomic mass is 9.86. The first-order valence-electron chi connectivity index (χ1n) is 6.56. The van der Waals surface area contributed by atoms with E-state index in [9.17, 15) is 9.59 Å². The second kappa shape index (κ2) is 6.70. The lowest BCUT2D eigenvalue weighted by Crippen LogP contribution is -2.48. The average Bonchev–Trinajstić information content (AvgIpc) is 2.36. The number of cyclic esters (lactones) is 1. The Hall–Kier alpha value is -1.36. The van der Waals surface area contributed by atoms with Crippen molar-refractivity contribution in [2.75, 3.05) is 19.8 Å². The van der Waals surface area contributed by atoms with Crippen LogP contribution in [0.15, 0.2) is 12.2 Å². The summed E-state index contributed by atoms with van der Waals surface area (Å²) in [5.74, 6) is -1.33. The Morgan fingerprint density at radius 3 is 2.89 bits per heavy atom. The van der Waals surface area contributed by atoms with Gasteiger partial charge in [-0.25, -0.2) is 4.79 Å². The van der Waals surface area contributed by atoms with Gasteiger partial charge in [-0.15, -0.1) is 0 Å². The molecular weight excluding hydrogens is 248 g/mol. The first-order chi connectivity index (χ1) is 8.90. The molecular formula is C14H22O5. The van der Waals surface area contributed by atoms with Crippen molar-refractivity contribution in [3.63, 3.8) is 0 Å². The molecule has 0 aromatic rings. The van der Waals surface area contributed by atoms with Gasteiger partial charge in [-0.3, -0.25) is 4.79 Å². The lowest BCUT2D eigenvalue weighted by molar-refractivity contribution is -0.183. The van der Waals surface area contributed by atoms with Crippen LogP contribution in [0, 0.1) is 5.92 Å². The summed E-state index contributed by atoms with van der Waals surface area (Å²) in [6, 6.07) is 0. The molecule has 0 aromatic carbocycles. The Kier molecular flexibility index (Phi) is 5.54. The van der Waals surface area contributed by atoms with Crippen molar-refractivity contribution in [3.05, 3.63) is 12.2 Å². The Bertz CT molecular complexity index is 363. The molecule has 1 saturated heterocycles. The molecule has 5 nitrogen and oxygen atoms in total. The predicted octanol–water partition coefficient (Wildman–Crippen LogP) is 1.85. The smallest absolute Gasteiger partial charge is 0.336 e. The van der Waals surface area contributed by atoms with E-state index in [0.717, 1.165) is 6.42 Å². The van der Waals surface area contributed by atoms with Crippen LogP contribution >= 0.6 is 0 Å². The lowest BCUT2D eigenvalue weighted by Gasteiger charge is -2.37. The summed E-state index contributed by atoms with van der Waals surface area (Å²) >= 11 is 0. The number of ether oxygens (including phenoxy) is 3. The summed E-state index contributed by atoms with van der Waals surface area (Å²) in [6.07, 6.45) is 1.37. The third kappa shape index (κ3) is 4.06. The van der Waals surface area contributed by atoms with Crippen LogP contribution < -0.4 is 0 Å². The van der Waals surface area contributed by atoms with Gasteiger partial charge in [0.25, 0.3) is 0 Å². The number of esters is 2. The molecule has 1 rings (SSSR count). The Balaban J connectivity index is 2.54. The van der Waals surface area contributed by atoms with Crippen molar-refractivity contribution in [1.82, 2.24) is 0 Å². The molecule has 19 heavy (non-hydrogen) atoms. The summed E-state index contributed by atoms with van der Waals surface area (Å²) in [4.78, 5) is 23.4. The maximum atomic E-state index is 11.9. The minimum atomic E-state index is -0.833. The van der Waals surface area contributed by atoms with Gasteiger partial charge in [0.2, 0.25) is 0 Å². The zero-order valence-corrected chi connectivity index (χ0v) is 11.9. The van der Waals surface area contributed by atoms with Gasteiger partial charge in [0.15, 0.2) is 0 Å². The van der Waals surface area contributed by atoms with Crippen LogP contribution in [-0.4, -0.2) is 37.4 Å². The Morgan fingerprint density at radius 2 is 2.26 bits per heavy atom. The van der Waals surface area contributed by atoms with Gasteiger partial charge in [0.05, 0.1) is 24.7 Å². The van der Waals surface area contributed by atoms with E-state index in [1.807, 2.05) is 6.92 Å². The van der Waals surface area contributed by atoms with Crippen LogP contribution in [0.25, 0.3) is 0 Å². The number of carbonyl (C=O) groups is 2. The minimum Gasteiger partial charge on any atom is -0.465 e. The second-order valence-corrected chi connectivity index (χ2v) is 5.00. The molecule has 1 heterocycles. The van der Waals surface area contributed by atoms with Crippen LogP contribution in [0.2, 0.25) is 0 Å². The summed E-state index contributed by atoms with van der Waals surface area (Å²) in [7, 11) is 0. The molecule has 0 saturated carbocycles. The standard InChI is InChI=1S/C14H22O5/c1-5-7-17-9-10(2)12(15)19-14(4)6-8-18-13(16)11(14)3/h11H,2,5-9H2,1,3-4H3. The van der Waals surface area contributed by atoms with Crippen LogP contribution in [0.3, 0.4) is 0 Å². The molecule has 0 radical (unpaired) electrons. The first-order valence-corrected chi connectivity index (χ1v) is 6.56. The maximum Gasteiger partial charge on any atom is 0.336 e. The fraction of sp³-hybridized carbons (Fsp3) is 0.714. The molecule has 1 fully saturated rings. The Morgan fingerprint density at radius 1 is 1.58 bits per heavy atom. The highest BCUT2D eigenvalue weighted by molar-refractivity contribution is 5.88. The second-order valence-electron chi connectivity index (χ2n) is 5.00. The van der Waals surface area contributed by atoms with Crippen molar-refractivity contribution in [2.45, 2.75) is 39.2 Å². The molecule has 0 spiro atoms. The normalized spacial score (nSPS) is 26.7. The van der Waals surface area contributed by atoms with Gasteiger partial charge in [0.1, 0.15) is 5.60 Å². The SMILES string of the molecule is C=C(COCCC)C(=O)OC1(C)CCOC(=O)C1C. The third-order valence-electron chi connectivity index (χ3n) is 3.35. The molecule has 2 unspecified atom stereocenters. The fourth-order valence-electron chi connectivity index (χ4n) is 1.77. The third-order valence-corrected chi connectivity index (χ3v) is 3.35. The molecule has 0 bridgehead atoms. The van der Waals surface area contributed by atoms with Gasteiger partial charge in [0, 0.05) is 13.0 Å². The van der Waals surface area contributed by atoms with Gasteiger partial charge in [-0.1, -0.05) is 13.5 Å². The van der Waals surface area contributed by atoms with E-state index in [-0.39, 0.29) is 24.8 Å². The summed E-state index contributed by atoms with van der Waals surface area (Å²) in [5.41, 5.74) is -0.569. The van der Waals surface area contributed by atoms with E-state index < -0.39 is 17.5 Å². The van der Waals surface area contributed by atoms with E-state index in [4.69, 9.17) is 14.2 Å². The van der Waals surface area contributed by atoms with Gasteiger partial charge in [-0.2, -0.15) is 0 Å². The number of carbonyl (C=O) groups excluding carboxylic acids is 2. The molecule has 108 valence electrons. The van der Waals surface area contributed by atoms with Crippen molar-refractivity contribution < 1.29 is 23.8 Å². The molecule has 0 N–H and O–H groups in total. The van der Waals surface area contributed by atoms with Gasteiger partial charge < -0.3 is 14.2 Å². The maximum absolute atomic E-state index is 11.9. The molecule has 0 aromatic heterocycles. The van der Waals surface area contributed by atoms with Crippen LogP contribution in [0.1, 0.15) is 33.6 Å². The highest BCUT2D eigenvalue weighted by Gasteiger charge is 2.44. The monoisotopic (exact) mass is 270 g/mol. The molecule has 0 aliphatic carbocycles. The van der Waals surface area contributed by atoms with Crippen LogP contribution in [-0.2, 0) is 23.8 Å². The molecule has 5 heteroatoms. The number of hydrogen-bond donors (Lipinski definition) is 0. The van der Waals surface area contributed by atoms with E-state index >= 15 is 0 Å². The van der Waals surface area contributed by atoms with E-state index in [0.29, 0.717) is 13.0 Å². The molecule has 2 atom stereocenters. The van der Waals surface area contributed by atoms with Gasteiger partial charge >= 0.3 is 11.9 Å². The highest BCUT2D eigenvalue weighted by Crippen LogP contribution is 2.31. The van der Waals surface area contributed by atoms with E-state index in [1.165, 1.54) is 0 Å².